The van der Waals surface area contributed by atoms with Gasteiger partial charge in [0.15, 0.2) is 5.75 Å². The fourth-order valence-corrected chi connectivity index (χ4v) is 5.07. The average molecular weight is 531 g/mol. The minimum Gasteiger partial charge on any atom is -0.487 e. The molecule has 0 bridgehead atoms. The second kappa shape index (κ2) is 10.3. The van der Waals surface area contributed by atoms with Gasteiger partial charge < -0.3 is 29.4 Å². The highest BCUT2D eigenvalue weighted by Crippen LogP contribution is 2.30. The van der Waals surface area contributed by atoms with Crippen molar-refractivity contribution in [1.29, 1.82) is 0 Å². The number of hydrogen-bond donors (Lipinski definition) is 1. The summed E-state index contributed by atoms with van der Waals surface area (Å²) in [5.41, 5.74) is 7.29. The molecule has 2 N–H and O–H groups in total. The number of pyridine rings is 1. The van der Waals surface area contributed by atoms with Crippen molar-refractivity contribution in [2.45, 2.75) is 57.7 Å². The molecule has 13 heteroatoms. The van der Waals surface area contributed by atoms with Gasteiger partial charge in [0, 0.05) is 51.4 Å². The van der Waals surface area contributed by atoms with E-state index in [2.05, 4.69) is 20.1 Å². The van der Waals surface area contributed by atoms with Crippen molar-refractivity contribution in [3.05, 3.63) is 52.5 Å². The van der Waals surface area contributed by atoms with Crippen LogP contribution < -0.4 is 25.8 Å². The molecule has 0 aliphatic carbocycles. The number of anilines is 2. The van der Waals surface area contributed by atoms with Crippen molar-refractivity contribution < 1.29 is 18.0 Å². The summed E-state index contributed by atoms with van der Waals surface area (Å²) in [5, 5.41) is 3.40. The number of ether oxygens (including phenoxy) is 1. The van der Waals surface area contributed by atoms with Gasteiger partial charge in [-0.05, 0) is 38.2 Å². The van der Waals surface area contributed by atoms with Crippen LogP contribution in [0.1, 0.15) is 44.1 Å². The topological polar surface area (TPSA) is 128 Å². The lowest BCUT2D eigenvalue weighted by atomic mass is 9.92. The van der Waals surface area contributed by atoms with Crippen LogP contribution in [0.2, 0.25) is 0 Å². The predicted octanol–water partition coefficient (Wildman–Crippen LogP) is 2.51. The molecule has 0 unspecified atom stereocenters. The van der Waals surface area contributed by atoms with E-state index in [0.717, 1.165) is 25.3 Å². The third-order valence-corrected chi connectivity index (χ3v) is 7.28. The number of hydrogen-bond acceptors (Lipinski definition) is 10. The SMILES string of the molecule is Cc1ccc(=O)n([C@H]2CN(c3ncc(O[C@@H](C)C4CCN(c5nc(C(C)(F)F)no5)CC4)cn3)C[C@H]2N)c1. The van der Waals surface area contributed by atoms with Gasteiger partial charge in [0.25, 0.3) is 5.56 Å². The van der Waals surface area contributed by atoms with Crippen molar-refractivity contribution >= 4 is 12.0 Å². The fraction of sp³-hybridized carbons (Fsp3) is 0.560. The van der Waals surface area contributed by atoms with Crippen molar-refractivity contribution in [1.82, 2.24) is 24.7 Å². The Morgan fingerprint density at radius 2 is 1.87 bits per heavy atom. The summed E-state index contributed by atoms with van der Waals surface area (Å²) in [6.07, 6.45) is 6.61. The van der Waals surface area contributed by atoms with Crippen LogP contribution in [0, 0.1) is 12.8 Å². The van der Waals surface area contributed by atoms with Crippen molar-refractivity contribution in [2.75, 3.05) is 36.0 Å². The van der Waals surface area contributed by atoms with Gasteiger partial charge in [-0.2, -0.15) is 13.8 Å². The quantitative estimate of drug-likeness (QED) is 0.487. The number of nitrogens with two attached hydrogens (primary N) is 1. The van der Waals surface area contributed by atoms with Crippen LogP contribution >= 0.6 is 0 Å². The average Bonchev–Trinajstić information content (AvgIpc) is 3.54. The molecular weight excluding hydrogens is 498 g/mol. The zero-order valence-corrected chi connectivity index (χ0v) is 21.6. The Bertz CT molecular complexity index is 1300. The molecular formula is C25H32F2N8O3. The Balaban J connectivity index is 1.15. The van der Waals surface area contributed by atoms with E-state index in [9.17, 15) is 13.6 Å². The Kier molecular flexibility index (Phi) is 7.03. The maximum Gasteiger partial charge on any atom is 0.324 e. The fourth-order valence-electron chi connectivity index (χ4n) is 5.07. The lowest BCUT2D eigenvalue weighted by Crippen LogP contribution is -2.39. The number of rotatable bonds is 7. The summed E-state index contributed by atoms with van der Waals surface area (Å²) in [4.78, 5) is 29.0. The van der Waals surface area contributed by atoms with E-state index in [0.29, 0.717) is 37.9 Å². The van der Waals surface area contributed by atoms with Crippen molar-refractivity contribution in [2.24, 2.45) is 11.7 Å². The highest BCUT2D eigenvalue weighted by atomic mass is 19.3. The minimum atomic E-state index is -3.14. The van der Waals surface area contributed by atoms with E-state index in [-0.39, 0.29) is 35.7 Å². The molecule has 3 atom stereocenters. The van der Waals surface area contributed by atoms with E-state index in [1.54, 1.807) is 29.1 Å². The summed E-state index contributed by atoms with van der Waals surface area (Å²) >= 11 is 0. The molecule has 3 aromatic heterocycles. The standard InChI is InChI=1S/C25H32F2N8O3/c1-15-4-5-21(36)35(12-15)20-14-34(13-19(20)28)23-29-10-18(11-30-23)37-16(2)17-6-8-33(9-7-17)24-31-22(32-38-24)25(3,26)27/h4-5,10-12,16-17,19-20H,6-9,13-14,28H2,1-3H3/t16-,19+,20-/m0/s1. The summed E-state index contributed by atoms with van der Waals surface area (Å²) in [7, 11) is 0. The number of nitrogens with zero attached hydrogens (tertiary/aromatic N) is 7. The predicted molar refractivity (Wildman–Crippen MR) is 136 cm³/mol. The molecule has 5 heterocycles. The summed E-state index contributed by atoms with van der Waals surface area (Å²) in [5.74, 6) is -2.39. The first-order chi connectivity index (χ1) is 18.1. The van der Waals surface area contributed by atoms with Gasteiger partial charge in [0.2, 0.25) is 11.8 Å². The van der Waals surface area contributed by atoms with Crippen LogP contribution in [0.5, 0.6) is 5.75 Å². The zero-order chi connectivity index (χ0) is 27.0. The number of halogens is 2. The first kappa shape index (κ1) is 26.0. The molecule has 204 valence electrons. The number of aromatic nitrogens is 5. The van der Waals surface area contributed by atoms with Crippen LogP contribution in [-0.4, -0.2) is 63.0 Å². The Hall–Kier alpha value is -3.61. The second-order valence-corrected chi connectivity index (χ2v) is 10.2. The molecule has 0 radical (unpaired) electrons. The summed E-state index contributed by atoms with van der Waals surface area (Å²) < 4.78 is 39.7. The lowest BCUT2D eigenvalue weighted by molar-refractivity contribution is 0.00559. The highest BCUT2D eigenvalue weighted by molar-refractivity contribution is 5.35. The van der Waals surface area contributed by atoms with Gasteiger partial charge >= 0.3 is 11.9 Å². The van der Waals surface area contributed by atoms with Gasteiger partial charge in [0.05, 0.1) is 24.5 Å². The molecule has 0 amide bonds. The Labute approximate surface area is 218 Å². The summed E-state index contributed by atoms with van der Waals surface area (Å²) in [6, 6.07) is 3.09. The normalized spacial score (nSPS) is 21.6. The smallest absolute Gasteiger partial charge is 0.324 e. The number of aryl methyl sites for hydroxylation is 1. The van der Waals surface area contributed by atoms with Gasteiger partial charge in [-0.25, -0.2) is 9.97 Å². The van der Waals surface area contributed by atoms with E-state index in [4.69, 9.17) is 15.0 Å². The maximum atomic E-state index is 13.4. The van der Waals surface area contributed by atoms with Crippen LogP contribution in [-0.2, 0) is 5.92 Å². The molecule has 0 saturated carbocycles. The number of piperidine rings is 1. The lowest BCUT2D eigenvalue weighted by Gasteiger charge is -2.33. The molecule has 3 aromatic rings. The van der Waals surface area contributed by atoms with E-state index in [1.165, 1.54) is 0 Å². The van der Waals surface area contributed by atoms with Gasteiger partial charge in [-0.1, -0.05) is 11.2 Å². The molecule has 5 rings (SSSR count). The van der Waals surface area contributed by atoms with E-state index < -0.39 is 11.7 Å². The molecule has 2 fully saturated rings. The monoisotopic (exact) mass is 530 g/mol. The van der Waals surface area contributed by atoms with Crippen molar-refractivity contribution in [3.8, 4) is 5.75 Å². The minimum absolute atomic E-state index is 0.0771. The highest BCUT2D eigenvalue weighted by Gasteiger charge is 2.35. The molecule has 0 aromatic carbocycles. The molecule has 11 nitrogen and oxygen atoms in total. The third kappa shape index (κ3) is 5.47. The molecule has 2 aliphatic heterocycles. The van der Waals surface area contributed by atoms with Crippen LogP contribution in [0.3, 0.4) is 0 Å². The van der Waals surface area contributed by atoms with Crippen LogP contribution in [0.4, 0.5) is 20.7 Å². The van der Waals surface area contributed by atoms with Crippen LogP contribution in [0.15, 0.2) is 40.0 Å². The number of alkyl halides is 2. The van der Waals surface area contributed by atoms with E-state index >= 15 is 0 Å². The Morgan fingerprint density at radius 3 is 2.53 bits per heavy atom. The zero-order valence-electron chi connectivity index (χ0n) is 21.6. The molecule has 2 saturated heterocycles. The Morgan fingerprint density at radius 1 is 1.16 bits per heavy atom. The largest absolute Gasteiger partial charge is 0.487 e. The van der Waals surface area contributed by atoms with Gasteiger partial charge in [-0.15, -0.1) is 0 Å². The first-order valence-electron chi connectivity index (χ1n) is 12.7. The van der Waals surface area contributed by atoms with E-state index in [1.807, 2.05) is 29.8 Å². The maximum absolute atomic E-state index is 13.4. The summed E-state index contributed by atoms with van der Waals surface area (Å²) in [6.45, 7) is 6.97. The molecule has 0 spiro atoms. The van der Waals surface area contributed by atoms with Gasteiger partial charge in [0.1, 0.15) is 0 Å². The third-order valence-electron chi connectivity index (χ3n) is 7.28. The molecule has 2 aliphatic rings. The van der Waals surface area contributed by atoms with Gasteiger partial charge in [-0.3, -0.25) is 4.79 Å². The van der Waals surface area contributed by atoms with Crippen molar-refractivity contribution in [3.63, 3.8) is 0 Å². The molecule has 38 heavy (non-hydrogen) atoms. The first-order valence-corrected chi connectivity index (χ1v) is 12.7. The second-order valence-electron chi connectivity index (χ2n) is 10.2. The van der Waals surface area contributed by atoms with Crippen LogP contribution in [0.25, 0.3) is 0 Å².